The summed E-state index contributed by atoms with van der Waals surface area (Å²) in [5.41, 5.74) is 0. The average Bonchev–Trinajstić information content (AvgIpc) is 3.35. The summed E-state index contributed by atoms with van der Waals surface area (Å²) in [6.45, 7) is 6.63. The Kier molecular flexibility index (Phi) is 55.7. The van der Waals surface area contributed by atoms with E-state index < -0.39 is 6.10 Å². The molecule has 0 saturated carbocycles. The Morgan fingerprint density at radius 3 is 0.841 bits per heavy atom. The van der Waals surface area contributed by atoms with Crippen LogP contribution in [0.3, 0.4) is 0 Å². The molecular weight excluding hydrogens is 853 g/mol. The van der Waals surface area contributed by atoms with Crippen molar-refractivity contribution < 1.29 is 28.6 Å². The first kappa shape index (κ1) is 66.4. The molecule has 0 aliphatic rings. The number of carbonyl (C=O) groups excluding carboxylic acids is 3. The van der Waals surface area contributed by atoms with Gasteiger partial charge in [0.2, 0.25) is 0 Å². The molecule has 0 aromatic carbocycles. The van der Waals surface area contributed by atoms with Crippen LogP contribution in [-0.2, 0) is 28.6 Å². The van der Waals surface area contributed by atoms with Gasteiger partial charge in [-0.15, -0.1) is 0 Å². The molecular formula is C63H114O6. The molecule has 6 heteroatoms. The predicted octanol–water partition coefficient (Wildman–Crippen LogP) is 20.2. The van der Waals surface area contributed by atoms with Crippen molar-refractivity contribution in [3.05, 3.63) is 48.6 Å². The van der Waals surface area contributed by atoms with E-state index in [9.17, 15) is 14.4 Å². The van der Waals surface area contributed by atoms with Crippen molar-refractivity contribution >= 4 is 17.9 Å². The molecule has 0 amide bonds. The Hall–Kier alpha value is -2.63. The van der Waals surface area contributed by atoms with Gasteiger partial charge in [0.25, 0.3) is 0 Å². The maximum atomic E-state index is 12.9. The zero-order valence-corrected chi connectivity index (χ0v) is 46.1. The van der Waals surface area contributed by atoms with E-state index in [1.165, 1.54) is 205 Å². The summed E-state index contributed by atoms with van der Waals surface area (Å²) in [6, 6.07) is 0. The molecule has 6 nitrogen and oxygen atoms in total. The third-order valence-corrected chi connectivity index (χ3v) is 13.3. The van der Waals surface area contributed by atoms with Crippen molar-refractivity contribution in [2.75, 3.05) is 13.2 Å². The van der Waals surface area contributed by atoms with Crippen molar-refractivity contribution in [1.82, 2.24) is 0 Å². The van der Waals surface area contributed by atoms with E-state index in [1.54, 1.807) is 0 Å². The molecule has 0 N–H and O–H groups in total. The van der Waals surface area contributed by atoms with Gasteiger partial charge < -0.3 is 14.2 Å². The van der Waals surface area contributed by atoms with Gasteiger partial charge in [-0.1, -0.05) is 249 Å². The fourth-order valence-corrected chi connectivity index (χ4v) is 8.72. The van der Waals surface area contributed by atoms with Crippen molar-refractivity contribution in [1.29, 1.82) is 0 Å². The van der Waals surface area contributed by atoms with Crippen LogP contribution in [0.2, 0.25) is 0 Å². The van der Waals surface area contributed by atoms with Gasteiger partial charge in [-0.05, 0) is 96.3 Å². The lowest BCUT2D eigenvalue weighted by Crippen LogP contribution is -2.30. The molecule has 0 fully saturated rings. The zero-order valence-electron chi connectivity index (χ0n) is 46.1. The first-order valence-electron chi connectivity index (χ1n) is 30.2. The number of hydrogen-bond donors (Lipinski definition) is 0. The Morgan fingerprint density at radius 2 is 0.522 bits per heavy atom. The normalized spacial score (nSPS) is 12.3. The maximum Gasteiger partial charge on any atom is 0.306 e. The molecule has 402 valence electrons. The van der Waals surface area contributed by atoms with E-state index in [0.717, 1.165) is 70.6 Å². The molecule has 69 heavy (non-hydrogen) atoms. The largest absolute Gasteiger partial charge is 0.462 e. The summed E-state index contributed by atoms with van der Waals surface area (Å²) in [6.07, 6.45) is 71.0. The molecule has 0 aromatic rings. The topological polar surface area (TPSA) is 78.9 Å². The van der Waals surface area contributed by atoms with Gasteiger partial charge in [0.1, 0.15) is 13.2 Å². The van der Waals surface area contributed by atoms with Crippen LogP contribution in [0, 0.1) is 0 Å². The van der Waals surface area contributed by atoms with E-state index >= 15 is 0 Å². The van der Waals surface area contributed by atoms with Crippen LogP contribution in [0.25, 0.3) is 0 Å². The number of carbonyl (C=O) groups is 3. The van der Waals surface area contributed by atoms with Crippen molar-refractivity contribution in [2.24, 2.45) is 0 Å². The fourth-order valence-electron chi connectivity index (χ4n) is 8.72. The van der Waals surface area contributed by atoms with E-state index in [-0.39, 0.29) is 31.1 Å². The van der Waals surface area contributed by atoms with Crippen LogP contribution in [0.4, 0.5) is 0 Å². The van der Waals surface area contributed by atoms with Gasteiger partial charge >= 0.3 is 17.9 Å². The van der Waals surface area contributed by atoms with E-state index in [1.807, 2.05) is 0 Å². The second-order valence-electron chi connectivity index (χ2n) is 20.3. The number of esters is 3. The van der Waals surface area contributed by atoms with Crippen LogP contribution >= 0.6 is 0 Å². The highest BCUT2D eigenvalue weighted by Gasteiger charge is 2.19. The van der Waals surface area contributed by atoms with E-state index in [2.05, 4.69) is 69.4 Å². The van der Waals surface area contributed by atoms with Gasteiger partial charge in [-0.3, -0.25) is 14.4 Å². The van der Waals surface area contributed by atoms with Crippen LogP contribution in [-0.4, -0.2) is 37.2 Å². The molecule has 1 unspecified atom stereocenters. The summed E-state index contributed by atoms with van der Waals surface area (Å²) in [4.78, 5) is 38.2. The Morgan fingerprint density at radius 1 is 0.290 bits per heavy atom. The number of allylic oxidation sites excluding steroid dienone is 8. The molecule has 0 rings (SSSR count). The molecule has 0 aliphatic carbocycles. The van der Waals surface area contributed by atoms with Crippen LogP contribution in [0.15, 0.2) is 48.6 Å². The second-order valence-corrected chi connectivity index (χ2v) is 20.3. The number of ether oxygens (including phenoxy) is 3. The second kappa shape index (κ2) is 57.9. The van der Waals surface area contributed by atoms with Crippen LogP contribution in [0.5, 0.6) is 0 Å². The molecule has 0 spiro atoms. The summed E-state index contributed by atoms with van der Waals surface area (Å²) in [5, 5.41) is 0. The quantitative estimate of drug-likeness (QED) is 0.0199. The molecule has 0 radical (unpaired) electrons. The Labute approximate surface area is 428 Å². The van der Waals surface area contributed by atoms with Crippen molar-refractivity contribution in [2.45, 2.75) is 322 Å². The lowest BCUT2D eigenvalue weighted by Gasteiger charge is -2.18. The van der Waals surface area contributed by atoms with Gasteiger partial charge in [0, 0.05) is 19.3 Å². The van der Waals surface area contributed by atoms with Gasteiger partial charge in [-0.2, -0.15) is 0 Å². The number of unbranched alkanes of at least 4 members (excludes halogenated alkanes) is 37. The summed E-state index contributed by atoms with van der Waals surface area (Å²) in [7, 11) is 0. The predicted molar refractivity (Wildman–Crippen MR) is 298 cm³/mol. The third-order valence-electron chi connectivity index (χ3n) is 13.3. The molecule has 0 bridgehead atoms. The SMILES string of the molecule is CCCCC/C=C\C=C/CCCCCCCCCCCCC(=O)OCC(COC(=O)CCCCCCC/C=C\CCCCCCCCC)OC(=O)CCCCCCC/C=C\CCCCCCCCC. The first-order valence-corrected chi connectivity index (χ1v) is 30.2. The standard InChI is InChI=1S/C63H114O6/c1-4-7-10-13-16-19-22-25-28-31-32-33-36-38-41-44-47-50-53-56-62(65)68-59-60(69-63(66)57-54-51-48-45-42-39-35-30-27-24-21-18-15-12-9-6-3)58-67-61(64)55-52-49-46-43-40-37-34-29-26-23-20-17-14-11-8-5-2/h16,19,22,25,29-30,34-35,60H,4-15,17-18,20-21,23-24,26-28,31-33,36-59H2,1-3H3/b19-16-,25-22-,34-29-,35-30-. The average molecular weight is 968 g/mol. The van der Waals surface area contributed by atoms with Crippen molar-refractivity contribution in [3.8, 4) is 0 Å². The maximum absolute atomic E-state index is 12.9. The summed E-state index contributed by atoms with van der Waals surface area (Å²) < 4.78 is 16.9. The van der Waals surface area contributed by atoms with Crippen LogP contribution < -0.4 is 0 Å². The Balaban J connectivity index is 4.37. The van der Waals surface area contributed by atoms with Crippen molar-refractivity contribution in [3.63, 3.8) is 0 Å². The number of hydrogen-bond acceptors (Lipinski definition) is 6. The smallest absolute Gasteiger partial charge is 0.306 e. The monoisotopic (exact) mass is 967 g/mol. The Bertz CT molecular complexity index is 1200. The third kappa shape index (κ3) is 56.2. The highest BCUT2D eigenvalue weighted by Crippen LogP contribution is 2.16. The zero-order chi connectivity index (χ0) is 50.0. The summed E-state index contributed by atoms with van der Waals surface area (Å²) in [5.74, 6) is -0.883. The van der Waals surface area contributed by atoms with Gasteiger partial charge in [-0.25, -0.2) is 0 Å². The lowest BCUT2D eigenvalue weighted by atomic mass is 10.1. The molecule has 0 aliphatic heterocycles. The summed E-state index contributed by atoms with van der Waals surface area (Å²) >= 11 is 0. The van der Waals surface area contributed by atoms with Gasteiger partial charge in [0.05, 0.1) is 0 Å². The highest BCUT2D eigenvalue weighted by molar-refractivity contribution is 5.71. The van der Waals surface area contributed by atoms with Gasteiger partial charge in [0.15, 0.2) is 6.10 Å². The fraction of sp³-hybridized carbons (Fsp3) is 0.825. The van der Waals surface area contributed by atoms with E-state index in [4.69, 9.17) is 14.2 Å². The van der Waals surface area contributed by atoms with E-state index in [0.29, 0.717) is 19.3 Å². The molecule has 0 saturated heterocycles. The first-order chi connectivity index (χ1) is 34.0. The minimum Gasteiger partial charge on any atom is -0.462 e. The molecule has 0 aromatic heterocycles. The lowest BCUT2D eigenvalue weighted by molar-refractivity contribution is -0.167. The minimum absolute atomic E-state index is 0.0791. The number of rotatable bonds is 55. The minimum atomic E-state index is -0.782. The van der Waals surface area contributed by atoms with Crippen LogP contribution in [0.1, 0.15) is 316 Å². The highest BCUT2D eigenvalue weighted by atomic mass is 16.6. The molecule has 0 heterocycles. The molecule has 1 atom stereocenters.